The van der Waals surface area contributed by atoms with Gasteiger partial charge < -0.3 is 9.63 Å². The number of hydrogen-bond acceptors (Lipinski definition) is 3. The van der Waals surface area contributed by atoms with Crippen molar-refractivity contribution < 1.29 is 18.8 Å². The Morgan fingerprint density at radius 3 is 2.59 bits per heavy atom. The van der Waals surface area contributed by atoms with E-state index in [1.165, 1.54) is 12.1 Å². The first-order valence-electron chi connectivity index (χ1n) is 4.97. The van der Waals surface area contributed by atoms with E-state index in [2.05, 4.69) is 5.16 Å². The minimum Gasteiger partial charge on any atom is -0.478 e. The van der Waals surface area contributed by atoms with Crippen molar-refractivity contribution in [2.24, 2.45) is 0 Å². The molecule has 1 N–H and O–H groups in total. The standard InChI is InChI=1S/C12H10FNO3/c1-6-11(7(2)17-14-6)9-4-3-8(12(15)16)5-10(9)13/h3-5H,1-2H3,(H,15,16). The van der Waals surface area contributed by atoms with Gasteiger partial charge in [0.25, 0.3) is 0 Å². The highest BCUT2D eigenvalue weighted by molar-refractivity contribution is 5.88. The van der Waals surface area contributed by atoms with E-state index in [1.807, 2.05) is 0 Å². The van der Waals surface area contributed by atoms with Crippen molar-refractivity contribution in [3.63, 3.8) is 0 Å². The van der Waals surface area contributed by atoms with Crippen molar-refractivity contribution in [3.05, 3.63) is 41.0 Å². The van der Waals surface area contributed by atoms with Crippen molar-refractivity contribution >= 4 is 5.97 Å². The number of carboxylic acids is 1. The average molecular weight is 235 g/mol. The van der Waals surface area contributed by atoms with E-state index < -0.39 is 11.8 Å². The van der Waals surface area contributed by atoms with Crippen LogP contribution in [-0.2, 0) is 0 Å². The van der Waals surface area contributed by atoms with Crippen LogP contribution in [0.15, 0.2) is 22.7 Å². The van der Waals surface area contributed by atoms with Crippen molar-refractivity contribution in [1.29, 1.82) is 0 Å². The van der Waals surface area contributed by atoms with Crippen LogP contribution in [0.25, 0.3) is 11.1 Å². The number of hydrogen-bond donors (Lipinski definition) is 1. The topological polar surface area (TPSA) is 63.3 Å². The van der Waals surface area contributed by atoms with Crippen LogP contribution < -0.4 is 0 Å². The van der Waals surface area contributed by atoms with Crippen molar-refractivity contribution in [1.82, 2.24) is 5.16 Å². The zero-order valence-corrected chi connectivity index (χ0v) is 9.32. The first kappa shape index (κ1) is 11.3. The van der Waals surface area contributed by atoms with E-state index >= 15 is 0 Å². The second-order valence-corrected chi connectivity index (χ2v) is 3.70. The molecule has 0 bridgehead atoms. The Labute approximate surface area is 96.7 Å². The molecule has 0 aliphatic heterocycles. The molecule has 0 amide bonds. The maximum absolute atomic E-state index is 13.8. The van der Waals surface area contributed by atoms with E-state index in [-0.39, 0.29) is 5.56 Å². The summed E-state index contributed by atoms with van der Waals surface area (Å²) in [6.45, 7) is 3.39. The fourth-order valence-corrected chi connectivity index (χ4v) is 1.72. The molecule has 4 nitrogen and oxygen atoms in total. The summed E-state index contributed by atoms with van der Waals surface area (Å²) in [5, 5.41) is 12.5. The van der Waals surface area contributed by atoms with Gasteiger partial charge in [-0.05, 0) is 26.0 Å². The molecule has 1 aromatic heterocycles. The normalized spacial score (nSPS) is 10.5. The number of aryl methyl sites for hydroxylation is 2. The number of carboxylic acid groups (broad SMARTS) is 1. The molecule has 0 atom stereocenters. The third-order valence-electron chi connectivity index (χ3n) is 2.52. The number of rotatable bonds is 2. The van der Waals surface area contributed by atoms with Gasteiger partial charge in [0.15, 0.2) is 0 Å². The minimum absolute atomic E-state index is 0.0852. The predicted octanol–water partition coefficient (Wildman–Crippen LogP) is 2.80. The summed E-state index contributed by atoms with van der Waals surface area (Å²) in [5.41, 5.74) is 1.35. The SMILES string of the molecule is Cc1noc(C)c1-c1ccc(C(=O)O)cc1F. The lowest BCUT2D eigenvalue weighted by atomic mass is 10.0. The Hall–Kier alpha value is -2.17. The molecule has 0 spiro atoms. The van der Waals surface area contributed by atoms with Gasteiger partial charge in [-0.1, -0.05) is 11.2 Å². The number of carbonyl (C=O) groups is 1. The molecular weight excluding hydrogens is 225 g/mol. The zero-order chi connectivity index (χ0) is 12.6. The van der Waals surface area contributed by atoms with E-state index in [0.717, 1.165) is 6.07 Å². The summed E-state index contributed by atoms with van der Waals surface area (Å²) in [6.07, 6.45) is 0. The monoisotopic (exact) mass is 235 g/mol. The summed E-state index contributed by atoms with van der Waals surface area (Å²) in [4.78, 5) is 10.7. The Morgan fingerprint density at radius 1 is 1.41 bits per heavy atom. The molecule has 0 aliphatic rings. The highest BCUT2D eigenvalue weighted by Crippen LogP contribution is 2.29. The number of halogens is 1. The van der Waals surface area contributed by atoms with Gasteiger partial charge in [-0.3, -0.25) is 0 Å². The van der Waals surface area contributed by atoms with Crippen molar-refractivity contribution in [3.8, 4) is 11.1 Å². The lowest BCUT2D eigenvalue weighted by Crippen LogP contribution is -1.98. The smallest absolute Gasteiger partial charge is 0.335 e. The fraction of sp³-hybridized carbons (Fsp3) is 0.167. The Morgan fingerprint density at radius 2 is 2.12 bits per heavy atom. The maximum Gasteiger partial charge on any atom is 0.335 e. The van der Waals surface area contributed by atoms with Gasteiger partial charge >= 0.3 is 5.97 Å². The lowest BCUT2D eigenvalue weighted by Gasteiger charge is -2.03. The second-order valence-electron chi connectivity index (χ2n) is 3.70. The van der Waals surface area contributed by atoms with Gasteiger partial charge in [0, 0.05) is 5.56 Å². The molecule has 0 unspecified atom stereocenters. The second kappa shape index (κ2) is 4.01. The van der Waals surface area contributed by atoms with Crippen LogP contribution in [0, 0.1) is 19.7 Å². The first-order valence-corrected chi connectivity index (χ1v) is 4.97. The van der Waals surface area contributed by atoms with Gasteiger partial charge in [0.2, 0.25) is 0 Å². The molecule has 88 valence electrons. The molecule has 0 aliphatic carbocycles. The van der Waals surface area contributed by atoms with Crippen LogP contribution in [0.4, 0.5) is 4.39 Å². The Balaban J connectivity index is 2.58. The summed E-state index contributed by atoms with van der Waals surface area (Å²) in [6, 6.07) is 3.77. The van der Waals surface area contributed by atoms with Crippen LogP contribution >= 0.6 is 0 Å². The molecule has 2 rings (SSSR count). The summed E-state index contributed by atoms with van der Waals surface area (Å²) in [7, 11) is 0. The van der Waals surface area contributed by atoms with Crippen LogP contribution in [-0.4, -0.2) is 16.2 Å². The molecule has 0 fully saturated rings. The molecule has 1 aromatic carbocycles. The van der Waals surface area contributed by atoms with Gasteiger partial charge in [0.05, 0.1) is 16.8 Å². The van der Waals surface area contributed by atoms with Crippen LogP contribution in [0.1, 0.15) is 21.8 Å². The molecule has 1 heterocycles. The quantitative estimate of drug-likeness (QED) is 0.869. The summed E-state index contributed by atoms with van der Waals surface area (Å²) >= 11 is 0. The zero-order valence-electron chi connectivity index (χ0n) is 9.32. The first-order chi connectivity index (χ1) is 8.00. The van der Waals surface area contributed by atoms with Crippen molar-refractivity contribution in [2.45, 2.75) is 13.8 Å². The highest BCUT2D eigenvalue weighted by atomic mass is 19.1. The third kappa shape index (κ3) is 1.91. The number of aromatic nitrogens is 1. The van der Waals surface area contributed by atoms with Gasteiger partial charge in [-0.15, -0.1) is 0 Å². The fourth-order valence-electron chi connectivity index (χ4n) is 1.72. The highest BCUT2D eigenvalue weighted by Gasteiger charge is 2.16. The van der Waals surface area contributed by atoms with Crippen LogP contribution in [0.3, 0.4) is 0 Å². The van der Waals surface area contributed by atoms with Crippen LogP contribution in [0.2, 0.25) is 0 Å². The average Bonchev–Trinajstić information content (AvgIpc) is 2.59. The number of nitrogens with zero attached hydrogens (tertiary/aromatic N) is 1. The van der Waals surface area contributed by atoms with Gasteiger partial charge in [0.1, 0.15) is 11.6 Å². The van der Waals surface area contributed by atoms with Crippen LogP contribution in [0.5, 0.6) is 0 Å². The minimum atomic E-state index is -1.16. The van der Waals surface area contributed by atoms with Gasteiger partial charge in [-0.2, -0.15) is 0 Å². The lowest BCUT2D eigenvalue weighted by molar-refractivity contribution is 0.0696. The van der Waals surface area contributed by atoms with E-state index in [9.17, 15) is 9.18 Å². The molecule has 2 aromatic rings. The number of benzene rings is 1. The largest absolute Gasteiger partial charge is 0.478 e. The number of aromatic carboxylic acids is 1. The Bertz CT molecular complexity index is 570. The molecule has 0 saturated carbocycles. The van der Waals surface area contributed by atoms with E-state index in [4.69, 9.17) is 9.63 Å². The Kier molecular flexibility index (Phi) is 2.67. The maximum atomic E-state index is 13.8. The third-order valence-corrected chi connectivity index (χ3v) is 2.52. The molecule has 0 saturated heterocycles. The predicted molar refractivity (Wildman–Crippen MR) is 58.3 cm³/mol. The summed E-state index contributed by atoms with van der Waals surface area (Å²) in [5.74, 6) is -1.25. The molecule has 5 heteroatoms. The van der Waals surface area contributed by atoms with Gasteiger partial charge in [-0.25, -0.2) is 9.18 Å². The molecule has 17 heavy (non-hydrogen) atoms. The van der Waals surface area contributed by atoms with E-state index in [1.54, 1.807) is 13.8 Å². The molecule has 0 radical (unpaired) electrons. The van der Waals surface area contributed by atoms with E-state index in [0.29, 0.717) is 22.6 Å². The molecular formula is C12H10FNO3. The van der Waals surface area contributed by atoms with Crippen molar-refractivity contribution in [2.75, 3.05) is 0 Å². The summed E-state index contributed by atoms with van der Waals surface area (Å²) < 4.78 is 18.8.